The minimum atomic E-state index is -0.317. The van der Waals surface area contributed by atoms with Crippen molar-refractivity contribution < 1.29 is 4.39 Å². The van der Waals surface area contributed by atoms with Crippen LogP contribution in [-0.2, 0) is 0 Å². The average Bonchev–Trinajstić information content (AvgIpc) is 2.58. The van der Waals surface area contributed by atoms with Gasteiger partial charge in [-0.05, 0) is 24.6 Å². The number of hydrogen-bond acceptors (Lipinski definition) is 2. The molecule has 1 aromatic heterocycles. The molecular weight excluding hydrogens is 217 g/mol. The van der Waals surface area contributed by atoms with Crippen molar-refractivity contribution in [1.82, 2.24) is 10.2 Å². The zero-order chi connectivity index (χ0) is 11.0. The fourth-order valence-electron chi connectivity index (χ4n) is 1.40. The van der Waals surface area contributed by atoms with Gasteiger partial charge < -0.3 is 5.73 Å². The second-order valence-corrected chi connectivity index (χ2v) is 3.73. The maximum atomic E-state index is 13.7. The lowest BCUT2D eigenvalue weighted by atomic mass is 10.1. The van der Waals surface area contributed by atoms with E-state index in [0.717, 1.165) is 0 Å². The molecule has 0 aliphatic heterocycles. The number of rotatable bonds is 1. The second kappa shape index (κ2) is 3.55. The van der Waals surface area contributed by atoms with Gasteiger partial charge in [-0.2, -0.15) is 5.10 Å². The number of nitrogens with one attached hydrogen (secondary N) is 1. The Morgan fingerprint density at radius 3 is 2.73 bits per heavy atom. The highest BCUT2D eigenvalue weighted by Gasteiger charge is 2.11. The van der Waals surface area contributed by atoms with E-state index in [2.05, 4.69) is 10.2 Å². The van der Waals surface area contributed by atoms with Gasteiger partial charge in [-0.1, -0.05) is 11.6 Å². The number of aromatic nitrogens is 2. The molecule has 2 rings (SSSR count). The van der Waals surface area contributed by atoms with E-state index in [1.807, 2.05) is 0 Å². The second-order valence-electron chi connectivity index (χ2n) is 3.29. The highest BCUT2D eigenvalue weighted by Crippen LogP contribution is 2.27. The highest BCUT2D eigenvalue weighted by molar-refractivity contribution is 6.30. The van der Waals surface area contributed by atoms with Crippen LogP contribution in [-0.4, -0.2) is 10.2 Å². The van der Waals surface area contributed by atoms with E-state index in [9.17, 15) is 4.39 Å². The summed E-state index contributed by atoms with van der Waals surface area (Å²) in [5.41, 5.74) is 6.84. The van der Waals surface area contributed by atoms with Gasteiger partial charge in [0.2, 0.25) is 0 Å². The molecule has 0 saturated carbocycles. The Morgan fingerprint density at radius 1 is 1.40 bits per heavy atom. The lowest BCUT2D eigenvalue weighted by molar-refractivity contribution is 0.621. The van der Waals surface area contributed by atoms with Crippen molar-refractivity contribution in [1.29, 1.82) is 0 Å². The summed E-state index contributed by atoms with van der Waals surface area (Å²) < 4.78 is 13.7. The first kappa shape index (κ1) is 9.98. The van der Waals surface area contributed by atoms with E-state index in [0.29, 0.717) is 27.7 Å². The monoisotopic (exact) mass is 225 g/mol. The third-order valence-corrected chi connectivity index (χ3v) is 2.33. The number of benzene rings is 1. The standard InChI is InChI=1S/C10H9ClFN3/c1-5-2-6(11)3-7(10(5)12)8-4-9(13)15-14-8/h2-4H,1H3,(H3,13,14,15). The van der Waals surface area contributed by atoms with Crippen LogP contribution in [0.15, 0.2) is 18.2 Å². The fraction of sp³-hybridized carbons (Fsp3) is 0.100. The molecule has 2 aromatic rings. The molecule has 0 unspecified atom stereocenters. The van der Waals surface area contributed by atoms with Gasteiger partial charge in [0, 0.05) is 16.7 Å². The predicted molar refractivity (Wildman–Crippen MR) is 58.1 cm³/mol. The van der Waals surface area contributed by atoms with Crippen LogP contribution in [0.5, 0.6) is 0 Å². The maximum Gasteiger partial charge on any atom is 0.145 e. The quantitative estimate of drug-likeness (QED) is 0.784. The molecule has 3 N–H and O–H groups in total. The van der Waals surface area contributed by atoms with Crippen LogP contribution >= 0.6 is 11.6 Å². The topological polar surface area (TPSA) is 54.7 Å². The minimum Gasteiger partial charge on any atom is -0.382 e. The maximum absolute atomic E-state index is 13.7. The molecule has 0 radical (unpaired) electrons. The molecule has 0 aliphatic rings. The molecule has 0 amide bonds. The number of aryl methyl sites for hydroxylation is 1. The molecule has 0 aliphatic carbocycles. The third-order valence-electron chi connectivity index (χ3n) is 2.11. The van der Waals surface area contributed by atoms with Crippen LogP contribution in [0.1, 0.15) is 5.56 Å². The minimum absolute atomic E-state index is 0.317. The number of nitrogens with zero attached hydrogens (tertiary/aromatic N) is 1. The summed E-state index contributed by atoms with van der Waals surface area (Å²) in [5, 5.41) is 6.86. The fourth-order valence-corrected chi connectivity index (χ4v) is 1.67. The van der Waals surface area contributed by atoms with Crippen molar-refractivity contribution in [3.63, 3.8) is 0 Å². The van der Waals surface area contributed by atoms with Crippen molar-refractivity contribution in [2.45, 2.75) is 6.92 Å². The van der Waals surface area contributed by atoms with E-state index in [-0.39, 0.29) is 5.82 Å². The third kappa shape index (κ3) is 1.80. The smallest absolute Gasteiger partial charge is 0.145 e. The first-order valence-electron chi connectivity index (χ1n) is 4.35. The molecule has 3 nitrogen and oxygen atoms in total. The van der Waals surface area contributed by atoms with E-state index in [1.54, 1.807) is 19.1 Å². The van der Waals surface area contributed by atoms with Gasteiger partial charge in [0.15, 0.2) is 0 Å². The Bertz CT molecular complexity index is 507. The van der Waals surface area contributed by atoms with Gasteiger partial charge in [0.1, 0.15) is 11.6 Å². The summed E-state index contributed by atoms with van der Waals surface area (Å²) in [5.74, 6) is 0.00470. The van der Waals surface area contributed by atoms with E-state index >= 15 is 0 Å². The number of hydrogen-bond donors (Lipinski definition) is 2. The highest BCUT2D eigenvalue weighted by atomic mass is 35.5. The van der Waals surface area contributed by atoms with Gasteiger partial charge in [0.25, 0.3) is 0 Å². The molecule has 78 valence electrons. The van der Waals surface area contributed by atoms with Crippen molar-refractivity contribution in [2.75, 3.05) is 5.73 Å². The van der Waals surface area contributed by atoms with Gasteiger partial charge in [-0.3, -0.25) is 5.10 Å². The van der Waals surface area contributed by atoms with Gasteiger partial charge in [0.05, 0.1) is 5.69 Å². The van der Waals surface area contributed by atoms with Crippen LogP contribution in [0.2, 0.25) is 5.02 Å². The van der Waals surface area contributed by atoms with Crippen molar-refractivity contribution in [3.05, 3.63) is 34.6 Å². The number of anilines is 1. The van der Waals surface area contributed by atoms with Crippen molar-refractivity contribution in [3.8, 4) is 11.3 Å². The Labute approximate surface area is 91.1 Å². The molecule has 0 bridgehead atoms. The van der Waals surface area contributed by atoms with Crippen LogP contribution < -0.4 is 5.73 Å². The summed E-state index contributed by atoms with van der Waals surface area (Å²) in [6.45, 7) is 1.66. The first-order valence-corrected chi connectivity index (χ1v) is 4.72. The summed E-state index contributed by atoms with van der Waals surface area (Å²) in [6, 6.07) is 4.67. The Balaban J connectivity index is 2.62. The van der Waals surface area contributed by atoms with Gasteiger partial charge >= 0.3 is 0 Å². The summed E-state index contributed by atoms with van der Waals surface area (Å²) in [7, 11) is 0. The lowest BCUT2D eigenvalue weighted by Gasteiger charge is -2.04. The van der Waals surface area contributed by atoms with Crippen LogP contribution in [0.4, 0.5) is 10.2 Å². The number of aromatic amines is 1. The zero-order valence-corrected chi connectivity index (χ0v) is 8.77. The lowest BCUT2D eigenvalue weighted by Crippen LogP contribution is -1.89. The molecule has 0 saturated heterocycles. The SMILES string of the molecule is Cc1cc(Cl)cc(-c2cc(N)n[nH]2)c1F. The zero-order valence-electron chi connectivity index (χ0n) is 8.01. The molecule has 0 atom stereocenters. The van der Waals surface area contributed by atoms with E-state index < -0.39 is 0 Å². The largest absolute Gasteiger partial charge is 0.382 e. The Morgan fingerprint density at radius 2 is 2.13 bits per heavy atom. The molecule has 1 aromatic carbocycles. The molecule has 1 heterocycles. The molecule has 0 spiro atoms. The van der Waals surface area contributed by atoms with Gasteiger partial charge in [-0.15, -0.1) is 0 Å². The van der Waals surface area contributed by atoms with Gasteiger partial charge in [-0.25, -0.2) is 4.39 Å². The van der Waals surface area contributed by atoms with Crippen LogP contribution in [0.25, 0.3) is 11.3 Å². The molecule has 5 heteroatoms. The summed E-state index contributed by atoms with van der Waals surface area (Å²) in [6.07, 6.45) is 0. The predicted octanol–water partition coefficient (Wildman–Crippen LogP) is 2.76. The first-order chi connectivity index (χ1) is 7.08. The van der Waals surface area contributed by atoms with Crippen molar-refractivity contribution >= 4 is 17.4 Å². The van der Waals surface area contributed by atoms with Crippen LogP contribution in [0.3, 0.4) is 0 Å². The normalized spacial score (nSPS) is 10.6. The number of nitrogen functional groups attached to an aromatic ring is 1. The summed E-state index contributed by atoms with van der Waals surface area (Å²) >= 11 is 5.85. The van der Waals surface area contributed by atoms with E-state index in [4.69, 9.17) is 17.3 Å². The van der Waals surface area contributed by atoms with E-state index in [1.165, 1.54) is 6.07 Å². The summed E-state index contributed by atoms with van der Waals surface area (Å²) in [4.78, 5) is 0. The molecule has 0 fully saturated rings. The Hall–Kier alpha value is -1.55. The molecule has 15 heavy (non-hydrogen) atoms. The number of H-pyrrole nitrogens is 1. The molecular formula is C10H9ClFN3. The van der Waals surface area contributed by atoms with Crippen molar-refractivity contribution in [2.24, 2.45) is 0 Å². The average molecular weight is 226 g/mol. The Kier molecular flexibility index (Phi) is 2.36. The number of halogens is 2. The van der Waals surface area contributed by atoms with Crippen LogP contribution in [0, 0.1) is 12.7 Å². The number of nitrogens with two attached hydrogens (primary N) is 1.